The predicted molar refractivity (Wildman–Crippen MR) is 65.4 cm³/mol. The Morgan fingerprint density at radius 2 is 1.94 bits per heavy atom. The van der Waals surface area contributed by atoms with Gasteiger partial charge in [0.1, 0.15) is 11.4 Å². The van der Waals surface area contributed by atoms with Gasteiger partial charge in [-0.1, -0.05) is 12.1 Å². The summed E-state index contributed by atoms with van der Waals surface area (Å²) in [7, 11) is 0. The summed E-state index contributed by atoms with van der Waals surface area (Å²) in [5.74, 6) is -1.08. The predicted octanol–water partition coefficient (Wildman–Crippen LogP) is 3.58. The molecule has 0 bridgehead atoms. The minimum absolute atomic E-state index is 0.294. The van der Waals surface area contributed by atoms with Crippen molar-refractivity contribution in [1.82, 2.24) is 0 Å². The maximum atomic E-state index is 13.4. The van der Waals surface area contributed by atoms with Gasteiger partial charge in [0, 0.05) is 0 Å². The van der Waals surface area contributed by atoms with E-state index in [0.29, 0.717) is 11.1 Å². The number of ether oxygens (including phenoxy) is 1. The van der Waals surface area contributed by atoms with E-state index in [-0.39, 0.29) is 11.8 Å². The molecule has 1 aromatic carbocycles. The van der Waals surface area contributed by atoms with E-state index in [2.05, 4.69) is 0 Å². The van der Waals surface area contributed by atoms with Crippen molar-refractivity contribution in [3.63, 3.8) is 0 Å². The van der Waals surface area contributed by atoms with E-state index < -0.39 is 11.5 Å². The second-order valence-corrected chi connectivity index (χ2v) is 5.26. The highest BCUT2D eigenvalue weighted by Crippen LogP contribution is 2.22. The van der Waals surface area contributed by atoms with E-state index in [1.165, 1.54) is 6.07 Å². The quantitative estimate of drug-likeness (QED) is 0.736. The Bertz CT molecular complexity index is 419. The van der Waals surface area contributed by atoms with Crippen molar-refractivity contribution in [1.29, 1.82) is 0 Å². The summed E-state index contributed by atoms with van der Waals surface area (Å²) in [5, 5.41) is 0. The number of hydrogen-bond acceptors (Lipinski definition) is 2. The number of rotatable bonds is 2. The first-order valence-corrected chi connectivity index (χ1v) is 5.69. The number of hydrogen-bond donors (Lipinski definition) is 0. The van der Waals surface area contributed by atoms with Gasteiger partial charge in [-0.25, -0.2) is 4.39 Å². The lowest BCUT2D eigenvalue weighted by Crippen LogP contribution is -2.26. The van der Waals surface area contributed by atoms with Crippen LogP contribution in [-0.2, 0) is 9.53 Å². The Labute approximate surface area is 102 Å². The third kappa shape index (κ3) is 3.84. The summed E-state index contributed by atoms with van der Waals surface area (Å²) >= 11 is 0. The summed E-state index contributed by atoms with van der Waals surface area (Å²) in [6.45, 7) is 8.85. The zero-order valence-corrected chi connectivity index (χ0v) is 11.0. The molecule has 1 aromatic rings. The molecule has 2 nitrogen and oxygen atoms in total. The first kappa shape index (κ1) is 13.7. The minimum Gasteiger partial charge on any atom is -0.460 e. The number of halogens is 1. The van der Waals surface area contributed by atoms with E-state index >= 15 is 0 Å². The van der Waals surface area contributed by atoms with Crippen LogP contribution in [0.3, 0.4) is 0 Å². The van der Waals surface area contributed by atoms with E-state index in [1.54, 1.807) is 26.0 Å². The van der Waals surface area contributed by atoms with Crippen LogP contribution in [0.15, 0.2) is 18.2 Å². The van der Waals surface area contributed by atoms with Crippen LogP contribution in [0.4, 0.5) is 4.39 Å². The van der Waals surface area contributed by atoms with Crippen LogP contribution in [0.2, 0.25) is 0 Å². The van der Waals surface area contributed by atoms with Gasteiger partial charge in [0.05, 0.1) is 5.92 Å². The van der Waals surface area contributed by atoms with Crippen LogP contribution in [0.25, 0.3) is 0 Å². The maximum absolute atomic E-state index is 13.4. The minimum atomic E-state index is -0.519. The molecule has 94 valence electrons. The first-order valence-electron chi connectivity index (χ1n) is 5.69. The van der Waals surface area contributed by atoms with Gasteiger partial charge in [0.15, 0.2) is 0 Å². The molecule has 3 heteroatoms. The van der Waals surface area contributed by atoms with Gasteiger partial charge in [-0.3, -0.25) is 4.79 Å². The number of carbonyl (C=O) groups excluding carboxylic acids is 1. The molecule has 17 heavy (non-hydrogen) atoms. The summed E-state index contributed by atoms with van der Waals surface area (Å²) in [5.41, 5.74) is 0.696. The fourth-order valence-electron chi connectivity index (χ4n) is 1.40. The normalized spacial score (nSPS) is 13.3. The van der Waals surface area contributed by atoms with Crippen LogP contribution in [0, 0.1) is 12.7 Å². The monoisotopic (exact) mass is 238 g/mol. The van der Waals surface area contributed by atoms with Crippen LogP contribution >= 0.6 is 0 Å². The van der Waals surface area contributed by atoms with Gasteiger partial charge >= 0.3 is 5.97 Å². The third-order valence-corrected chi connectivity index (χ3v) is 2.46. The molecule has 0 heterocycles. The molecule has 0 aliphatic rings. The standard InChI is InChI=1S/C14H19FO2/c1-9-6-7-11(8-12(9)15)10(2)13(16)17-14(3,4)5/h6-8,10H,1-5H3. The largest absolute Gasteiger partial charge is 0.460 e. The number of carbonyl (C=O) groups is 1. The van der Waals surface area contributed by atoms with E-state index in [0.717, 1.165) is 0 Å². The highest BCUT2D eigenvalue weighted by molar-refractivity contribution is 5.78. The Kier molecular flexibility index (Phi) is 3.91. The third-order valence-electron chi connectivity index (χ3n) is 2.46. The number of benzene rings is 1. The summed E-state index contributed by atoms with van der Waals surface area (Å²) in [6, 6.07) is 4.82. The molecule has 1 unspecified atom stereocenters. The van der Waals surface area contributed by atoms with Gasteiger partial charge < -0.3 is 4.74 Å². The van der Waals surface area contributed by atoms with Crippen molar-refractivity contribution in [2.24, 2.45) is 0 Å². The van der Waals surface area contributed by atoms with E-state index in [4.69, 9.17) is 4.74 Å². The molecule has 0 N–H and O–H groups in total. The van der Waals surface area contributed by atoms with Gasteiger partial charge in [0.25, 0.3) is 0 Å². The van der Waals surface area contributed by atoms with Crippen molar-refractivity contribution in [2.45, 2.75) is 46.1 Å². The molecule has 0 radical (unpaired) electrons. The van der Waals surface area contributed by atoms with Crippen LogP contribution < -0.4 is 0 Å². The zero-order valence-electron chi connectivity index (χ0n) is 11.0. The van der Waals surface area contributed by atoms with Crippen molar-refractivity contribution in [3.05, 3.63) is 35.1 Å². The molecular weight excluding hydrogens is 219 g/mol. The molecule has 1 atom stereocenters. The first-order chi connectivity index (χ1) is 7.70. The molecule has 0 fully saturated rings. The average Bonchev–Trinajstić information content (AvgIpc) is 2.18. The van der Waals surface area contributed by atoms with E-state index in [1.807, 2.05) is 20.8 Å². The Hall–Kier alpha value is -1.38. The summed E-state index contributed by atoms with van der Waals surface area (Å²) in [4.78, 5) is 11.8. The van der Waals surface area contributed by atoms with Gasteiger partial charge in [0.2, 0.25) is 0 Å². The van der Waals surface area contributed by atoms with Gasteiger partial charge in [-0.05, 0) is 51.8 Å². The topological polar surface area (TPSA) is 26.3 Å². The Morgan fingerprint density at radius 1 is 1.35 bits per heavy atom. The Morgan fingerprint density at radius 3 is 2.41 bits per heavy atom. The van der Waals surface area contributed by atoms with Crippen LogP contribution in [0.1, 0.15) is 44.7 Å². The number of esters is 1. The highest BCUT2D eigenvalue weighted by atomic mass is 19.1. The molecule has 0 aliphatic heterocycles. The Balaban J connectivity index is 2.85. The van der Waals surface area contributed by atoms with Crippen molar-refractivity contribution in [2.75, 3.05) is 0 Å². The van der Waals surface area contributed by atoms with Crippen molar-refractivity contribution < 1.29 is 13.9 Å². The van der Waals surface area contributed by atoms with E-state index in [9.17, 15) is 9.18 Å². The molecule has 1 rings (SSSR count). The lowest BCUT2D eigenvalue weighted by molar-refractivity contribution is -0.156. The lowest BCUT2D eigenvalue weighted by atomic mass is 9.99. The molecule has 0 amide bonds. The van der Waals surface area contributed by atoms with Crippen LogP contribution in [0.5, 0.6) is 0 Å². The number of aryl methyl sites for hydroxylation is 1. The smallest absolute Gasteiger partial charge is 0.313 e. The average molecular weight is 238 g/mol. The summed E-state index contributed by atoms with van der Waals surface area (Å²) < 4.78 is 18.7. The second-order valence-electron chi connectivity index (χ2n) is 5.26. The molecule has 0 saturated heterocycles. The van der Waals surface area contributed by atoms with Crippen LogP contribution in [-0.4, -0.2) is 11.6 Å². The zero-order chi connectivity index (χ0) is 13.2. The molecule has 0 saturated carbocycles. The maximum Gasteiger partial charge on any atom is 0.313 e. The lowest BCUT2D eigenvalue weighted by Gasteiger charge is -2.22. The van der Waals surface area contributed by atoms with Gasteiger partial charge in [-0.2, -0.15) is 0 Å². The van der Waals surface area contributed by atoms with Crippen molar-refractivity contribution >= 4 is 5.97 Å². The summed E-state index contributed by atoms with van der Waals surface area (Å²) in [6.07, 6.45) is 0. The molecule has 0 aromatic heterocycles. The molecule has 0 aliphatic carbocycles. The fourth-order valence-corrected chi connectivity index (χ4v) is 1.40. The fraction of sp³-hybridized carbons (Fsp3) is 0.500. The highest BCUT2D eigenvalue weighted by Gasteiger charge is 2.23. The SMILES string of the molecule is Cc1ccc(C(C)C(=O)OC(C)(C)C)cc1F. The molecule has 0 spiro atoms. The van der Waals surface area contributed by atoms with Crippen molar-refractivity contribution in [3.8, 4) is 0 Å². The second kappa shape index (κ2) is 4.86. The molecular formula is C14H19FO2. The van der Waals surface area contributed by atoms with Gasteiger partial charge in [-0.15, -0.1) is 0 Å².